The van der Waals surface area contributed by atoms with E-state index in [1.165, 1.54) is 5.69 Å². The van der Waals surface area contributed by atoms with E-state index in [2.05, 4.69) is 23.4 Å². The first kappa shape index (κ1) is 14.5. The van der Waals surface area contributed by atoms with Gasteiger partial charge in [0.05, 0.1) is 17.2 Å². The average Bonchev–Trinajstić information content (AvgIpc) is 2.65. The summed E-state index contributed by atoms with van der Waals surface area (Å²) in [5.74, 6) is 0.671. The highest BCUT2D eigenvalue weighted by Gasteiger charge is 2.22. The van der Waals surface area contributed by atoms with Gasteiger partial charge in [-0.25, -0.2) is 8.42 Å². The van der Waals surface area contributed by atoms with Crippen molar-refractivity contribution in [2.75, 3.05) is 18.1 Å². The fourth-order valence-electron chi connectivity index (χ4n) is 2.53. The van der Waals surface area contributed by atoms with Crippen molar-refractivity contribution in [1.29, 1.82) is 0 Å². The van der Waals surface area contributed by atoms with E-state index in [-0.39, 0.29) is 0 Å². The van der Waals surface area contributed by atoms with Crippen LogP contribution in [0.3, 0.4) is 0 Å². The second-order valence-corrected chi connectivity index (χ2v) is 7.69. The van der Waals surface area contributed by atoms with Gasteiger partial charge >= 0.3 is 0 Å². The summed E-state index contributed by atoms with van der Waals surface area (Å²) >= 11 is 0. The summed E-state index contributed by atoms with van der Waals surface area (Å²) in [7, 11) is -2.75. The predicted octanol–water partition coefficient (Wildman–Crippen LogP) is 1.06. The SMILES string of the molecule is Cc1cc(C)n(CCCNC2CCS(=O)(=O)CC2)n1. The third-order valence-corrected chi connectivity index (χ3v) is 5.35. The Kier molecular flexibility index (Phi) is 4.62. The van der Waals surface area contributed by atoms with Crippen LogP contribution in [0, 0.1) is 13.8 Å². The molecule has 0 saturated carbocycles. The molecule has 0 bridgehead atoms. The number of aryl methyl sites for hydroxylation is 3. The van der Waals surface area contributed by atoms with E-state index in [9.17, 15) is 8.42 Å². The second-order valence-electron chi connectivity index (χ2n) is 5.38. The van der Waals surface area contributed by atoms with Gasteiger partial charge in [0, 0.05) is 18.3 Å². The summed E-state index contributed by atoms with van der Waals surface area (Å²) in [5, 5.41) is 7.87. The third kappa shape index (κ3) is 4.31. The van der Waals surface area contributed by atoms with Crippen molar-refractivity contribution in [2.45, 2.75) is 45.7 Å². The molecule has 19 heavy (non-hydrogen) atoms. The molecule has 5 nitrogen and oxygen atoms in total. The molecule has 0 radical (unpaired) electrons. The molecule has 0 amide bonds. The van der Waals surface area contributed by atoms with Gasteiger partial charge in [-0.3, -0.25) is 4.68 Å². The van der Waals surface area contributed by atoms with Gasteiger partial charge in [-0.2, -0.15) is 5.10 Å². The van der Waals surface area contributed by atoms with Crippen LogP contribution in [-0.4, -0.2) is 42.3 Å². The van der Waals surface area contributed by atoms with Gasteiger partial charge in [-0.15, -0.1) is 0 Å². The molecule has 6 heteroatoms. The van der Waals surface area contributed by atoms with E-state index in [0.29, 0.717) is 17.5 Å². The summed E-state index contributed by atoms with van der Waals surface area (Å²) in [4.78, 5) is 0. The van der Waals surface area contributed by atoms with Crippen LogP contribution in [0.25, 0.3) is 0 Å². The largest absolute Gasteiger partial charge is 0.314 e. The summed E-state index contributed by atoms with van der Waals surface area (Å²) in [6.07, 6.45) is 2.52. The van der Waals surface area contributed by atoms with Gasteiger partial charge in [0.15, 0.2) is 0 Å². The first-order valence-electron chi connectivity index (χ1n) is 6.91. The zero-order chi connectivity index (χ0) is 13.9. The van der Waals surface area contributed by atoms with Crippen molar-refractivity contribution >= 4 is 9.84 Å². The Morgan fingerprint density at radius 2 is 2.05 bits per heavy atom. The molecule has 1 fully saturated rings. The first-order chi connectivity index (χ1) is 8.96. The summed E-state index contributed by atoms with van der Waals surface area (Å²) in [6, 6.07) is 2.45. The number of nitrogens with one attached hydrogen (secondary N) is 1. The van der Waals surface area contributed by atoms with Gasteiger partial charge in [0.25, 0.3) is 0 Å². The zero-order valence-corrected chi connectivity index (χ0v) is 12.5. The van der Waals surface area contributed by atoms with Crippen molar-refractivity contribution in [2.24, 2.45) is 0 Å². The minimum absolute atomic E-state index is 0.335. The van der Waals surface area contributed by atoms with E-state index < -0.39 is 9.84 Å². The van der Waals surface area contributed by atoms with Crippen molar-refractivity contribution in [3.63, 3.8) is 0 Å². The molecule has 1 N–H and O–H groups in total. The highest BCUT2D eigenvalue weighted by atomic mass is 32.2. The van der Waals surface area contributed by atoms with Crippen LogP contribution < -0.4 is 5.32 Å². The molecule has 2 heterocycles. The lowest BCUT2D eigenvalue weighted by Crippen LogP contribution is -2.38. The van der Waals surface area contributed by atoms with Gasteiger partial charge < -0.3 is 5.32 Å². The standard InChI is InChI=1S/C13H23N3O2S/c1-11-10-12(2)16(15-11)7-3-6-14-13-4-8-19(17,18)9-5-13/h10,13-14H,3-9H2,1-2H3. The smallest absolute Gasteiger partial charge is 0.150 e. The maximum atomic E-state index is 11.3. The van der Waals surface area contributed by atoms with Crippen molar-refractivity contribution in [3.05, 3.63) is 17.5 Å². The van der Waals surface area contributed by atoms with Crippen LogP contribution in [0.5, 0.6) is 0 Å². The lowest BCUT2D eigenvalue weighted by atomic mass is 10.1. The molecule has 1 saturated heterocycles. The highest BCUT2D eigenvalue weighted by molar-refractivity contribution is 7.91. The van der Waals surface area contributed by atoms with Crippen molar-refractivity contribution in [1.82, 2.24) is 15.1 Å². The summed E-state index contributed by atoms with van der Waals surface area (Å²) in [6.45, 7) is 5.91. The molecule has 108 valence electrons. The maximum absolute atomic E-state index is 11.3. The molecule has 2 rings (SSSR count). The molecule has 0 aliphatic carbocycles. The predicted molar refractivity (Wildman–Crippen MR) is 76.0 cm³/mol. The zero-order valence-electron chi connectivity index (χ0n) is 11.7. The van der Waals surface area contributed by atoms with Crippen LogP contribution in [-0.2, 0) is 16.4 Å². The molecule has 1 aliphatic heterocycles. The Morgan fingerprint density at radius 3 is 2.63 bits per heavy atom. The number of hydrogen-bond donors (Lipinski definition) is 1. The van der Waals surface area contributed by atoms with Gasteiger partial charge in [-0.1, -0.05) is 0 Å². The van der Waals surface area contributed by atoms with Gasteiger partial charge in [0.1, 0.15) is 9.84 Å². The maximum Gasteiger partial charge on any atom is 0.150 e. The molecule has 1 aromatic heterocycles. The van der Waals surface area contributed by atoms with E-state index in [1.807, 2.05) is 11.6 Å². The number of rotatable bonds is 5. The Balaban J connectivity index is 1.66. The number of hydrogen-bond acceptors (Lipinski definition) is 4. The minimum atomic E-state index is -2.75. The fourth-order valence-corrected chi connectivity index (χ4v) is 4.02. The van der Waals surface area contributed by atoms with E-state index in [4.69, 9.17) is 0 Å². The number of aromatic nitrogens is 2. The Labute approximate surface area is 115 Å². The van der Waals surface area contributed by atoms with Crippen molar-refractivity contribution in [3.8, 4) is 0 Å². The molecule has 0 spiro atoms. The fraction of sp³-hybridized carbons (Fsp3) is 0.769. The van der Waals surface area contributed by atoms with Crippen LogP contribution in [0.4, 0.5) is 0 Å². The molecule has 0 unspecified atom stereocenters. The number of nitrogens with zero attached hydrogens (tertiary/aromatic N) is 2. The molecular formula is C13H23N3O2S. The van der Waals surface area contributed by atoms with Crippen LogP contribution in [0.1, 0.15) is 30.7 Å². The van der Waals surface area contributed by atoms with E-state index in [0.717, 1.165) is 38.0 Å². The lowest BCUT2D eigenvalue weighted by Gasteiger charge is -2.23. The third-order valence-electron chi connectivity index (χ3n) is 3.64. The van der Waals surface area contributed by atoms with Crippen LogP contribution in [0.2, 0.25) is 0 Å². The van der Waals surface area contributed by atoms with Gasteiger partial charge in [-0.05, 0) is 45.7 Å². The summed E-state index contributed by atoms with van der Waals surface area (Å²) < 4.78 is 24.7. The van der Waals surface area contributed by atoms with Crippen LogP contribution in [0.15, 0.2) is 6.07 Å². The molecular weight excluding hydrogens is 262 g/mol. The van der Waals surface area contributed by atoms with E-state index in [1.54, 1.807) is 0 Å². The molecule has 0 aromatic carbocycles. The van der Waals surface area contributed by atoms with E-state index >= 15 is 0 Å². The highest BCUT2D eigenvalue weighted by Crippen LogP contribution is 2.12. The normalized spacial score (nSPS) is 19.7. The monoisotopic (exact) mass is 285 g/mol. The molecule has 1 aromatic rings. The Hall–Kier alpha value is -0.880. The number of sulfone groups is 1. The second kappa shape index (κ2) is 6.05. The van der Waals surface area contributed by atoms with Crippen molar-refractivity contribution < 1.29 is 8.42 Å². The Bertz CT molecular complexity index is 508. The quantitative estimate of drug-likeness (QED) is 0.822. The molecule has 0 atom stereocenters. The Morgan fingerprint density at radius 1 is 1.37 bits per heavy atom. The molecule has 1 aliphatic rings. The van der Waals surface area contributed by atoms with Gasteiger partial charge in [0.2, 0.25) is 0 Å². The minimum Gasteiger partial charge on any atom is -0.314 e. The van der Waals surface area contributed by atoms with Crippen LogP contribution >= 0.6 is 0 Å². The first-order valence-corrected chi connectivity index (χ1v) is 8.73. The average molecular weight is 285 g/mol. The topological polar surface area (TPSA) is 64.0 Å². The lowest BCUT2D eigenvalue weighted by molar-refractivity contribution is 0.442. The summed E-state index contributed by atoms with van der Waals surface area (Å²) in [5.41, 5.74) is 2.25.